The molecule has 1 saturated heterocycles. The van der Waals surface area contributed by atoms with Crippen molar-refractivity contribution in [3.8, 4) is 5.75 Å². The predicted octanol–water partition coefficient (Wildman–Crippen LogP) is 4.68. The molecule has 2 aromatic rings. The Kier molecular flexibility index (Phi) is 9.89. The zero-order chi connectivity index (χ0) is 32.2. The minimum absolute atomic E-state index is 0.129. The van der Waals surface area contributed by atoms with Crippen molar-refractivity contribution in [1.29, 1.82) is 0 Å². The van der Waals surface area contributed by atoms with Gasteiger partial charge in [-0.3, -0.25) is 15.0 Å². The second kappa shape index (κ2) is 13.8. The maximum atomic E-state index is 13.7. The lowest BCUT2D eigenvalue weighted by Crippen LogP contribution is -2.47. The van der Waals surface area contributed by atoms with Crippen LogP contribution in [0.25, 0.3) is 0 Å². The SMILES string of the molecule is COc1ccc2c(c1)CCN1CCC(NCCOC(=O)C3=C(C)NC(C)=C(C(=O)OC(C)C)C3c3cccc([N+](=O)[O-])c3)CC21. The molecule has 240 valence electrons. The standard InChI is InChI=1S/C34H42N4O7/c1-20(2)45-34(40)31-22(4)36-21(3)30(32(31)24-7-6-8-26(17-24)38(41)42)33(39)44-16-13-35-25-12-15-37-14-11-23-18-27(43-5)9-10-28(23)29(37)19-25/h6-10,17-18,20,25,29,32,35-36H,11-16,19H2,1-5H3. The Bertz CT molecular complexity index is 1530. The summed E-state index contributed by atoms with van der Waals surface area (Å²) in [6.07, 6.45) is 2.59. The Morgan fingerprint density at radius 3 is 2.56 bits per heavy atom. The number of nitro groups is 1. The summed E-state index contributed by atoms with van der Waals surface area (Å²) in [6.45, 7) is 9.57. The second-order valence-corrected chi connectivity index (χ2v) is 12.1. The number of nitrogens with one attached hydrogen (secondary N) is 2. The molecule has 0 saturated carbocycles. The monoisotopic (exact) mass is 618 g/mol. The number of carbonyl (C=O) groups excluding carboxylic acids is 2. The first kappa shape index (κ1) is 32.2. The molecule has 11 nitrogen and oxygen atoms in total. The molecule has 0 aromatic heterocycles. The van der Waals surface area contributed by atoms with Crippen LogP contribution < -0.4 is 15.4 Å². The zero-order valence-electron chi connectivity index (χ0n) is 26.6. The van der Waals surface area contributed by atoms with Crippen LogP contribution in [0.15, 0.2) is 65.0 Å². The van der Waals surface area contributed by atoms with Gasteiger partial charge in [-0.1, -0.05) is 18.2 Å². The molecule has 3 heterocycles. The number of dihydropyridines is 1. The van der Waals surface area contributed by atoms with Gasteiger partial charge < -0.3 is 24.8 Å². The highest BCUT2D eigenvalue weighted by molar-refractivity contribution is 6.00. The fourth-order valence-corrected chi connectivity index (χ4v) is 6.75. The fraction of sp³-hybridized carbons (Fsp3) is 0.471. The number of methoxy groups -OCH3 is 1. The highest BCUT2D eigenvalue weighted by Gasteiger charge is 2.39. The van der Waals surface area contributed by atoms with E-state index in [0.717, 1.165) is 38.1 Å². The molecule has 2 aromatic carbocycles. The smallest absolute Gasteiger partial charge is 0.337 e. The number of non-ortho nitro benzene ring substituents is 1. The minimum atomic E-state index is -0.896. The summed E-state index contributed by atoms with van der Waals surface area (Å²) < 4.78 is 16.7. The molecule has 3 atom stereocenters. The van der Waals surface area contributed by atoms with Gasteiger partial charge in [0.15, 0.2) is 0 Å². The Morgan fingerprint density at radius 2 is 1.84 bits per heavy atom. The summed E-state index contributed by atoms with van der Waals surface area (Å²) in [5.41, 5.74) is 4.47. The number of carbonyl (C=O) groups is 2. The third-order valence-corrected chi connectivity index (χ3v) is 8.82. The van der Waals surface area contributed by atoms with E-state index in [1.165, 1.54) is 23.3 Å². The Hall–Kier alpha value is -4.22. The zero-order valence-corrected chi connectivity index (χ0v) is 26.6. The molecule has 1 fully saturated rings. The number of allylic oxidation sites excluding steroid dienone is 2. The van der Waals surface area contributed by atoms with E-state index in [4.69, 9.17) is 14.2 Å². The van der Waals surface area contributed by atoms with Crippen LogP contribution in [-0.2, 0) is 25.5 Å². The number of fused-ring (bicyclic) bond motifs is 3. The van der Waals surface area contributed by atoms with Crippen molar-refractivity contribution in [2.24, 2.45) is 0 Å². The second-order valence-electron chi connectivity index (χ2n) is 12.1. The van der Waals surface area contributed by atoms with Crippen molar-refractivity contribution in [3.63, 3.8) is 0 Å². The Balaban J connectivity index is 1.27. The van der Waals surface area contributed by atoms with E-state index in [2.05, 4.69) is 27.7 Å². The van der Waals surface area contributed by atoms with Crippen molar-refractivity contribution in [3.05, 3.63) is 91.8 Å². The molecule has 2 N–H and O–H groups in total. The molecule has 0 bridgehead atoms. The van der Waals surface area contributed by atoms with Crippen LogP contribution in [0.2, 0.25) is 0 Å². The van der Waals surface area contributed by atoms with E-state index in [1.807, 2.05) is 6.07 Å². The van der Waals surface area contributed by atoms with Gasteiger partial charge in [0.25, 0.3) is 5.69 Å². The number of ether oxygens (including phenoxy) is 3. The summed E-state index contributed by atoms with van der Waals surface area (Å²) >= 11 is 0. The van der Waals surface area contributed by atoms with E-state index < -0.39 is 28.9 Å². The van der Waals surface area contributed by atoms with Crippen molar-refractivity contribution >= 4 is 17.6 Å². The number of hydrogen-bond acceptors (Lipinski definition) is 10. The van der Waals surface area contributed by atoms with Gasteiger partial charge in [-0.05, 0) is 75.8 Å². The maximum absolute atomic E-state index is 13.7. The summed E-state index contributed by atoms with van der Waals surface area (Å²) in [5, 5.41) is 18.3. The van der Waals surface area contributed by atoms with E-state index in [9.17, 15) is 19.7 Å². The van der Waals surface area contributed by atoms with Crippen molar-refractivity contribution in [2.45, 2.75) is 71.1 Å². The number of benzene rings is 2. The van der Waals surface area contributed by atoms with Gasteiger partial charge in [0, 0.05) is 55.2 Å². The van der Waals surface area contributed by atoms with Gasteiger partial charge in [0.2, 0.25) is 0 Å². The Labute approximate surface area is 263 Å². The summed E-state index contributed by atoms with van der Waals surface area (Å²) in [7, 11) is 1.69. The van der Waals surface area contributed by atoms with Gasteiger partial charge in [-0.25, -0.2) is 9.59 Å². The lowest BCUT2D eigenvalue weighted by molar-refractivity contribution is -0.384. The summed E-state index contributed by atoms with van der Waals surface area (Å²) in [5.74, 6) is -1.20. The molecule has 3 aliphatic heterocycles. The molecule has 3 unspecified atom stereocenters. The van der Waals surface area contributed by atoms with Crippen LogP contribution >= 0.6 is 0 Å². The Morgan fingerprint density at radius 1 is 1.09 bits per heavy atom. The molecular weight excluding hydrogens is 576 g/mol. The van der Waals surface area contributed by atoms with Crippen LogP contribution in [0.3, 0.4) is 0 Å². The van der Waals surface area contributed by atoms with E-state index in [0.29, 0.717) is 29.5 Å². The number of nitro benzene ring substituents is 1. The van der Waals surface area contributed by atoms with Crippen LogP contribution in [0.1, 0.15) is 69.2 Å². The third-order valence-electron chi connectivity index (χ3n) is 8.82. The number of piperidine rings is 1. The van der Waals surface area contributed by atoms with Crippen LogP contribution in [0.4, 0.5) is 5.69 Å². The number of nitrogens with zero attached hydrogens (tertiary/aromatic N) is 2. The van der Waals surface area contributed by atoms with Gasteiger partial charge >= 0.3 is 11.9 Å². The number of esters is 2. The topological polar surface area (TPSA) is 132 Å². The van der Waals surface area contributed by atoms with Crippen LogP contribution in [0.5, 0.6) is 5.75 Å². The first-order valence-corrected chi connectivity index (χ1v) is 15.5. The normalized spacial score (nSPS) is 21.5. The molecule has 0 aliphatic carbocycles. The number of rotatable bonds is 10. The van der Waals surface area contributed by atoms with E-state index in [-0.39, 0.29) is 29.5 Å². The average molecular weight is 619 g/mol. The van der Waals surface area contributed by atoms with Crippen LogP contribution in [-0.4, -0.2) is 67.3 Å². The molecule has 0 amide bonds. The number of hydrogen-bond donors (Lipinski definition) is 2. The first-order valence-electron chi connectivity index (χ1n) is 15.5. The fourth-order valence-electron chi connectivity index (χ4n) is 6.75. The van der Waals surface area contributed by atoms with E-state index in [1.54, 1.807) is 46.9 Å². The van der Waals surface area contributed by atoms with Gasteiger partial charge in [-0.15, -0.1) is 0 Å². The first-order chi connectivity index (χ1) is 21.6. The largest absolute Gasteiger partial charge is 0.497 e. The van der Waals surface area contributed by atoms with Gasteiger partial charge in [-0.2, -0.15) is 0 Å². The average Bonchev–Trinajstić information content (AvgIpc) is 3.01. The van der Waals surface area contributed by atoms with Gasteiger partial charge in [0.05, 0.1) is 35.2 Å². The van der Waals surface area contributed by atoms with Crippen molar-refractivity contribution < 1.29 is 28.7 Å². The molecular formula is C34H42N4O7. The maximum Gasteiger partial charge on any atom is 0.337 e. The molecule has 0 spiro atoms. The van der Waals surface area contributed by atoms with Crippen LogP contribution in [0, 0.1) is 10.1 Å². The summed E-state index contributed by atoms with van der Waals surface area (Å²) in [4.78, 5) is 40.6. The minimum Gasteiger partial charge on any atom is -0.497 e. The van der Waals surface area contributed by atoms with Crippen molar-refractivity contribution in [1.82, 2.24) is 15.5 Å². The van der Waals surface area contributed by atoms with E-state index >= 15 is 0 Å². The highest BCUT2D eigenvalue weighted by Crippen LogP contribution is 2.41. The predicted molar refractivity (Wildman–Crippen MR) is 169 cm³/mol. The molecule has 45 heavy (non-hydrogen) atoms. The van der Waals surface area contributed by atoms with Gasteiger partial charge in [0.1, 0.15) is 12.4 Å². The summed E-state index contributed by atoms with van der Waals surface area (Å²) in [6, 6.07) is 13.0. The molecule has 5 rings (SSSR count). The third kappa shape index (κ3) is 7.04. The molecule has 11 heteroatoms. The lowest BCUT2D eigenvalue weighted by Gasteiger charge is -2.43. The highest BCUT2D eigenvalue weighted by atomic mass is 16.6. The van der Waals surface area contributed by atoms with Crippen molar-refractivity contribution in [2.75, 3.05) is 33.4 Å². The molecule has 0 radical (unpaired) electrons. The molecule has 3 aliphatic rings. The lowest BCUT2D eigenvalue weighted by atomic mass is 9.80. The quantitative estimate of drug-likeness (QED) is 0.167.